The predicted molar refractivity (Wildman–Crippen MR) is 68.4 cm³/mol. The van der Waals surface area contributed by atoms with Crippen LogP contribution in [0.15, 0.2) is 0 Å². The minimum atomic E-state index is -1.04. The molecule has 1 aliphatic heterocycles. The van der Waals surface area contributed by atoms with E-state index in [4.69, 9.17) is 10.8 Å². The molecule has 3 N–H and O–H groups in total. The highest BCUT2D eigenvalue weighted by atomic mass is 16.4. The number of hydrogen-bond acceptors (Lipinski definition) is 3. The molecule has 1 saturated heterocycles. The van der Waals surface area contributed by atoms with Gasteiger partial charge in [-0.25, -0.2) is 4.79 Å². The van der Waals surface area contributed by atoms with Gasteiger partial charge in [-0.05, 0) is 26.7 Å². The molecule has 108 valence electrons. The summed E-state index contributed by atoms with van der Waals surface area (Å²) in [5.41, 5.74) is 5.21. The second-order valence-corrected chi connectivity index (χ2v) is 5.08. The van der Waals surface area contributed by atoms with E-state index in [9.17, 15) is 14.4 Å². The summed E-state index contributed by atoms with van der Waals surface area (Å²) in [6, 6.07) is -0.723. The van der Waals surface area contributed by atoms with E-state index in [0.717, 1.165) is 0 Å². The molecule has 19 heavy (non-hydrogen) atoms. The number of piperidine rings is 1. The number of nitrogens with two attached hydrogens (primary N) is 1. The van der Waals surface area contributed by atoms with Crippen molar-refractivity contribution in [1.82, 2.24) is 9.80 Å². The lowest BCUT2D eigenvalue weighted by molar-refractivity contribution is -0.148. The topological polar surface area (TPSA) is 104 Å². The SMILES string of the molecule is CC(C)N(CC(=O)O)C(=O)[C@@H]1CCCN(C(N)=O)C1. The van der Waals surface area contributed by atoms with E-state index in [0.29, 0.717) is 19.4 Å². The Morgan fingerprint density at radius 1 is 1.42 bits per heavy atom. The molecule has 0 aromatic rings. The zero-order valence-electron chi connectivity index (χ0n) is 11.3. The summed E-state index contributed by atoms with van der Waals surface area (Å²) in [6.07, 6.45) is 1.36. The van der Waals surface area contributed by atoms with Crippen molar-refractivity contribution >= 4 is 17.9 Å². The zero-order chi connectivity index (χ0) is 14.6. The number of carbonyl (C=O) groups excluding carboxylic acids is 2. The van der Waals surface area contributed by atoms with E-state index < -0.39 is 12.0 Å². The third-order valence-electron chi connectivity index (χ3n) is 3.29. The van der Waals surface area contributed by atoms with Crippen molar-refractivity contribution in [3.8, 4) is 0 Å². The molecular formula is C12H21N3O4. The van der Waals surface area contributed by atoms with Crippen LogP contribution in [0.25, 0.3) is 0 Å². The molecular weight excluding hydrogens is 250 g/mol. The van der Waals surface area contributed by atoms with Crippen LogP contribution >= 0.6 is 0 Å². The van der Waals surface area contributed by atoms with Crippen molar-refractivity contribution in [2.75, 3.05) is 19.6 Å². The maximum Gasteiger partial charge on any atom is 0.323 e. The van der Waals surface area contributed by atoms with Crippen LogP contribution in [0.5, 0.6) is 0 Å². The Morgan fingerprint density at radius 3 is 2.53 bits per heavy atom. The van der Waals surface area contributed by atoms with Gasteiger partial charge in [-0.1, -0.05) is 0 Å². The van der Waals surface area contributed by atoms with Crippen molar-refractivity contribution in [2.45, 2.75) is 32.7 Å². The molecule has 0 spiro atoms. The summed E-state index contributed by atoms with van der Waals surface area (Å²) < 4.78 is 0. The molecule has 7 nitrogen and oxygen atoms in total. The first kappa shape index (κ1) is 15.3. The highest BCUT2D eigenvalue weighted by molar-refractivity contribution is 5.84. The maximum absolute atomic E-state index is 12.3. The van der Waals surface area contributed by atoms with Crippen LogP contribution in [-0.2, 0) is 9.59 Å². The third kappa shape index (κ3) is 4.11. The molecule has 1 aliphatic rings. The number of urea groups is 1. The van der Waals surface area contributed by atoms with Gasteiger partial charge in [0.05, 0.1) is 5.92 Å². The molecule has 0 saturated carbocycles. The van der Waals surface area contributed by atoms with Crippen molar-refractivity contribution < 1.29 is 19.5 Å². The van der Waals surface area contributed by atoms with E-state index in [-0.39, 0.29) is 31.0 Å². The summed E-state index contributed by atoms with van der Waals surface area (Å²) in [6.45, 7) is 4.06. The number of carboxylic acid groups (broad SMARTS) is 1. The van der Waals surface area contributed by atoms with Crippen LogP contribution in [0.1, 0.15) is 26.7 Å². The van der Waals surface area contributed by atoms with Gasteiger partial charge >= 0.3 is 12.0 Å². The zero-order valence-corrected chi connectivity index (χ0v) is 11.3. The third-order valence-corrected chi connectivity index (χ3v) is 3.29. The Hall–Kier alpha value is -1.79. The molecule has 0 aliphatic carbocycles. The molecule has 0 unspecified atom stereocenters. The Kier molecular flexibility index (Phi) is 5.14. The maximum atomic E-state index is 12.3. The number of carbonyl (C=O) groups is 3. The van der Waals surface area contributed by atoms with E-state index in [1.807, 2.05) is 0 Å². The van der Waals surface area contributed by atoms with Crippen molar-refractivity contribution in [3.05, 3.63) is 0 Å². The molecule has 0 aromatic heterocycles. The number of aliphatic carboxylic acids is 1. The minimum Gasteiger partial charge on any atom is -0.480 e. The van der Waals surface area contributed by atoms with Gasteiger partial charge in [0, 0.05) is 19.1 Å². The lowest BCUT2D eigenvalue weighted by atomic mass is 9.96. The average Bonchev–Trinajstić information content (AvgIpc) is 2.34. The number of rotatable bonds is 4. The standard InChI is InChI=1S/C12H21N3O4/c1-8(2)15(7-10(16)17)11(18)9-4-3-5-14(6-9)12(13)19/h8-9H,3-7H2,1-2H3,(H2,13,19)(H,16,17)/t9-/m1/s1. The van der Waals surface area contributed by atoms with Gasteiger partial charge in [0.1, 0.15) is 6.54 Å². The number of primary amides is 1. The number of hydrogen-bond donors (Lipinski definition) is 2. The fraction of sp³-hybridized carbons (Fsp3) is 0.750. The van der Waals surface area contributed by atoms with Gasteiger partial charge in [0.25, 0.3) is 0 Å². The minimum absolute atomic E-state index is 0.187. The van der Waals surface area contributed by atoms with Crippen LogP contribution in [-0.4, -0.2) is 58.5 Å². The van der Waals surface area contributed by atoms with Crippen LogP contribution in [0.3, 0.4) is 0 Å². The summed E-state index contributed by atoms with van der Waals surface area (Å²) in [4.78, 5) is 37.0. The molecule has 0 radical (unpaired) electrons. The Morgan fingerprint density at radius 2 is 2.05 bits per heavy atom. The number of amides is 3. The highest BCUT2D eigenvalue weighted by Crippen LogP contribution is 2.19. The monoisotopic (exact) mass is 271 g/mol. The van der Waals surface area contributed by atoms with Crippen molar-refractivity contribution in [3.63, 3.8) is 0 Å². The first-order chi connectivity index (χ1) is 8.82. The second-order valence-electron chi connectivity index (χ2n) is 5.08. The molecule has 1 fully saturated rings. The van der Waals surface area contributed by atoms with Crippen LogP contribution in [0.4, 0.5) is 4.79 Å². The van der Waals surface area contributed by atoms with E-state index in [1.54, 1.807) is 13.8 Å². The van der Waals surface area contributed by atoms with E-state index in [1.165, 1.54) is 9.80 Å². The Bertz CT molecular complexity index is 370. The van der Waals surface area contributed by atoms with Crippen molar-refractivity contribution in [2.24, 2.45) is 11.7 Å². The lowest BCUT2D eigenvalue weighted by Gasteiger charge is -2.35. The smallest absolute Gasteiger partial charge is 0.323 e. The normalized spacial score (nSPS) is 19.3. The molecule has 1 heterocycles. The van der Waals surface area contributed by atoms with Gasteiger partial charge in [-0.15, -0.1) is 0 Å². The number of carboxylic acids is 1. The molecule has 1 atom stereocenters. The predicted octanol–water partition coefficient (Wildman–Crippen LogP) is 0.0987. The summed E-state index contributed by atoms with van der Waals surface area (Å²) >= 11 is 0. The van der Waals surface area contributed by atoms with Gasteiger partial charge in [-0.3, -0.25) is 9.59 Å². The first-order valence-electron chi connectivity index (χ1n) is 6.39. The Labute approximate surface area is 112 Å². The summed E-state index contributed by atoms with van der Waals surface area (Å²) in [7, 11) is 0. The van der Waals surface area contributed by atoms with Gasteiger partial charge < -0.3 is 20.6 Å². The van der Waals surface area contributed by atoms with Gasteiger partial charge in [0.2, 0.25) is 5.91 Å². The fourth-order valence-electron chi connectivity index (χ4n) is 2.27. The Balaban J connectivity index is 2.73. The van der Waals surface area contributed by atoms with Crippen LogP contribution in [0.2, 0.25) is 0 Å². The van der Waals surface area contributed by atoms with Crippen molar-refractivity contribution in [1.29, 1.82) is 0 Å². The van der Waals surface area contributed by atoms with E-state index >= 15 is 0 Å². The van der Waals surface area contributed by atoms with E-state index in [2.05, 4.69) is 0 Å². The second kappa shape index (κ2) is 6.40. The molecule has 1 rings (SSSR count). The average molecular weight is 271 g/mol. The molecule has 3 amide bonds. The quantitative estimate of drug-likeness (QED) is 0.756. The molecule has 0 bridgehead atoms. The molecule has 0 aromatic carbocycles. The van der Waals surface area contributed by atoms with Crippen LogP contribution in [0, 0.1) is 5.92 Å². The van der Waals surface area contributed by atoms with Gasteiger partial charge in [-0.2, -0.15) is 0 Å². The lowest BCUT2D eigenvalue weighted by Crippen LogP contribution is -2.50. The number of nitrogens with zero attached hydrogens (tertiary/aromatic N) is 2. The van der Waals surface area contributed by atoms with Crippen LogP contribution < -0.4 is 5.73 Å². The summed E-state index contributed by atoms with van der Waals surface area (Å²) in [5, 5.41) is 8.84. The fourth-order valence-corrected chi connectivity index (χ4v) is 2.27. The highest BCUT2D eigenvalue weighted by Gasteiger charge is 2.32. The number of likely N-dealkylation sites (tertiary alicyclic amines) is 1. The first-order valence-corrected chi connectivity index (χ1v) is 6.39. The summed E-state index contributed by atoms with van der Waals surface area (Å²) in [5.74, 6) is -1.61. The largest absolute Gasteiger partial charge is 0.480 e. The molecule has 7 heteroatoms. The van der Waals surface area contributed by atoms with Gasteiger partial charge in [0.15, 0.2) is 0 Å².